The van der Waals surface area contributed by atoms with Crippen LogP contribution in [0.25, 0.3) is 32.8 Å². The number of hydrogen-bond acceptors (Lipinski definition) is 6. The number of fused-ring (bicyclic) bond motifs is 1. The number of thiocarbonyl (C=S) groups is 1. The molecule has 0 aliphatic heterocycles. The van der Waals surface area contributed by atoms with Crippen LogP contribution < -0.4 is 16.0 Å². The number of anilines is 1. The molecule has 218 valence electrons. The van der Waals surface area contributed by atoms with Gasteiger partial charge in [0.1, 0.15) is 5.82 Å². The van der Waals surface area contributed by atoms with Crippen molar-refractivity contribution in [3.05, 3.63) is 119 Å². The van der Waals surface area contributed by atoms with Gasteiger partial charge in [0.05, 0.1) is 16.6 Å². The average Bonchev–Trinajstić information content (AvgIpc) is 3.45. The summed E-state index contributed by atoms with van der Waals surface area (Å²) < 4.78 is 16.1. The van der Waals surface area contributed by atoms with Gasteiger partial charge in [0.25, 0.3) is 0 Å². The number of pyridine rings is 1. The molecule has 0 bridgehead atoms. The predicted octanol–water partition coefficient (Wildman–Crippen LogP) is 7.78. The van der Waals surface area contributed by atoms with E-state index in [1.54, 1.807) is 35.7 Å². The second kappa shape index (κ2) is 15.0. The van der Waals surface area contributed by atoms with Crippen molar-refractivity contribution in [2.45, 2.75) is 13.0 Å². The second-order valence-electron chi connectivity index (χ2n) is 9.83. The van der Waals surface area contributed by atoms with E-state index >= 15 is 4.39 Å². The first-order valence-electron chi connectivity index (χ1n) is 13.8. The topological polar surface area (TPSA) is 66.1 Å². The molecule has 5 aromatic rings. The molecule has 3 aromatic carbocycles. The van der Waals surface area contributed by atoms with Crippen molar-refractivity contribution in [3.8, 4) is 10.4 Å². The molecule has 0 saturated heterocycles. The maximum Gasteiger partial charge on any atom is 0.230 e. The van der Waals surface area contributed by atoms with Gasteiger partial charge in [-0.2, -0.15) is 11.8 Å². The molecule has 3 N–H and O–H groups in total. The van der Waals surface area contributed by atoms with Gasteiger partial charge in [0, 0.05) is 41.2 Å². The lowest BCUT2D eigenvalue weighted by atomic mass is 10.1. The van der Waals surface area contributed by atoms with Crippen LogP contribution in [0.4, 0.5) is 10.1 Å². The molecule has 2 aromatic heterocycles. The zero-order valence-electron chi connectivity index (χ0n) is 23.6. The Labute approximate surface area is 264 Å². The van der Waals surface area contributed by atoms with Crippen LogP contribution in [0, 0.1) is 5.82 Å². The van der Waals surface area contributed by atoms with E-state index in [4.69, 9.17) is 12.2 Å². The molecule has 0 radical (unpaired) electrons. The summed E-state index contributed by atoms with van der Waals surface area (Å²) in [6.07, 6.45) is 7.76. The lowest BCUT2D eigenvalue weighted by Crippen LogP contribution is -2.35. The largest absolute Gasteiger partial charge is 0.332 e. The lowest BCUT2D eigenvalue weighted by Gasteiger charge is -2.10. The van der Waals surface area contributed by atoms with Gasteiger partial charge in [-0.1, -0.05) is 66.7 Å². The number of amides is 1. The van der Waals surface area contributed by atoms with Gasteiger partial charge in [-0.25, -0.2) is 4.39 Å². The SMILES string of the molecule is CSCCNCc1ccc(-c2cc3nccc(/C=C\c4ccc(NC(=S)NC(=O)Cc5ccccc5)cc4F)c3s2)cc1. The maximum absolute atomic E-state index is 15.0. The Hall–Kier alpha value is -3.89. The average molecular weight is 627 g/mol. The summed E-state index contributed by atoms with van der Waals surface area (Å²) in [5.74, 6) is 0.458. The third-order valence-corrected chi connectivity index (χ3v) is 8.69. The van der Waals surface area contributed by atoms with E-state index in [2.05, 4.69) is 57.5 Å². The molecule has 0 atom stereocenters. The van der Waals surface area contributed by atoms with E-state index in [9.17, 15) is 4.79 Å². The van der Waals surface area contributed by atoms with Gasteiger partial charge in [0.2, 0.25) is 5.91 Å². The smallest absolute Gasteiger partial charge is 0.230 e. The third-order valence-electron chi connectivity index (χ3n) is 6.65. The van der Waals surface area contributed by atoms with Crippen molar-refractivity contribution in [1.29, 1.82) is 0 Å². The van der Waals surface area contributed by atoms with Crippen molar-refractivity contribution < 1.29 is 9.18 Å². The van der Waals surface area contributed by atoms with Crippen LogP contribution in [0.1, 0.15) is 22.3 Å². The van der Waals surface area contributed by atoms with Crippen LogP contribution in [0.5, 0.6) is 0 Å². The standard InChI is InChI=1S/C34H31FN4OS3/c1-42-18-17-36-22-24-7-9-26(10-8-24)31-21-30-33(43-31)27(15-16-37-30)12-11-25-13-14-28(20-29(25)35)38-34(41)39-32(40)19-23-5-3-2-4-6-23/h2-16,20-21,36H,17-19,22H2,1H3,(H2,38,39,40,41)/b12-11-. The van der Waals surface area contributed by atoms with E-state index in [0.29, 0.717) is 11.3 Å². The maximum atomic E-state index is 15.0. The minimum atomic E-state index is -0.403. The number of nitrogens with zero attached hydrogens (tertiary/aromatic N) is 1. The van der Waals surface area contributed by atoms with E-state index in [-0.39, 0.29) is 17.4 Å². The first-order valence-corrected chi connectivity index (χ1v) is 16.4. The van der Waals surface area contributed by atoms with Crippen molar-refractivity contribution in [2.24, 2.45) is 0 Å². The molecule has 0 spiro atoms. The fourth-order valence-corrected chi connectivity index (χ4v) is 6.15. The third kappa shape index (κ3) is 8.58. The lowest BCUT2D eigenvalue weighted by molar-refractivity contribution is -0.119. The molecule has 0 fully saturated rings. The summed E-state index contributed by atoms with van der Waals surface area (Å²) in [5.41, 5.74) is 6.06. The number of carbonyl (C=O) groups is 1. The molecule has 0 aliphatic carbocycles. The zero-order chi connectivity index (χ0) is 30.0. The van der Waals surface area contributed by atoms with Crippen LogP contribution in [0.15, 0.2) is 91.1 Å². The Morgan fingerprint density at radius 2 is 1.77 bits per heavy atom. The van der Waals surface area contributed by atoms with E-state index < -0.39 is 5.82 Å². The Bertz CT molecular complexity index is 1740. The van der Waals surface area contributed by atoms with Crippen LogP contribution >= 0.6 is 35.3 Å². The number of thioether (sulfide) groups is 1. The molecular weight excluding hydrogens is 596 g/mol. The molecule has 0 aliphatic rings. The van der Waals surface area contributed by atoms with Gasteiger partial charge < -0.3 is 16.0 Å². The van der Waals surface area contributed by atoms with Crippen molar-refractivity contribution >= 4 is 74.4 Å². The van der Waals surface area contributed by atoms with Gasteiger partial charge in [-0.05, 0) is 71.1 Å². The predicted molar refractivity (Wildman–Crippen MR) is 185 cm³/mol. The number of aromatic nitrogens is 1. The number of carbonyl (C=O) groups excluding carboxylic acids is 1. The van der Waals surface area contributed by atoms with Crippen molar-refractivity contribution in [2.75, 3.05) is 23.9 Å². The number of thiophene rings is 1. The van der Waals surface area contributed by atoms with Gasteiger partial charge in [0.15, 0.2) is 5.11 Å². The zero-order valence-corrected chi connectivity index (χ0v) is 26.1. The number of hydrogen-bond donors (Lipinski definition) is 3. The highest BCUT2D eigenvalue weighted by molar-refractivity contribution is 7.98. The number of nitrogens with one attached hydrogen (secondary N) is 3. The highest BCUT2D eigenvalue weighted by atomic mass is 32.2. The van der Waals surface area contributed by atoms with Crippen LogP contribution in [-0.2, 0) is 17.8 Å². The monoisotopic (exact) mass is 626 g/mol. The molecule has 43 heavy (non-hydrogen) atoms. The summed E-state index contributed by atoms with van der Waals surface area (Å²) >= 11 is 8.76. The molecule has 9 heteroatoms. The summed E-state index contributed by atoms with van der Waals surface area (Å²) in [6.45, 7) is 1.85. The van der Waals surface area contributed by atoms with E-state index in [1.807, 2.05) is 54.2 Å². The van der Waals surface area contributed by atoms with Crippen LogP contribution in [-0.4, -0.2) is 34.6 Å². The van der Waals surface area contributed by atoms with Crippen molar-refractivity contribution in [1.82, 2.24) is 15.6 Å². The molecule has 1 amide bonds. The fourth-order valence-electron chi connectivity index (χ4n) is 4.46. The van der Waals surface area contributed by atoms with Crippen LogP contribution in [0.2, 0.25) is 0 Å². The summed E-state index contributed by atoms with van der Waals surface area (Å²) in [5, 5.41) is 9.11. The van der Waals surface area contributed by atoms with E-state index in [0.717, 1.165) is 50.6 Å². The normalized spacial score (nSPS) is 11.2. The molecule has 0 unspecified atom stereocenters. The summed E-state index contributed by atoms with van der Waals surface area (Å²) in [4.78, 5) is 18.0. The van der Waals surface area contributed by atoms with E-state index in [1.165, 1.54) is 11.6 Å². The molecule has 5 nitrogen and oxygen atoms in total. The molecular formula is C34H31FN4OS3. The second-order valence-corrected chi connectivity index (χ2v) is 12.3. The van der Waals surface area contributed by atoms with Gasteiger partial charge in [-0.15, -0.1) is 11.3 Å². The van der Waals surface area contributed by atoms with Crippen LogP contribution in [0.3, 0.4) is 0 Å². The quantitative estimate of drug-likeness (QED) is 0.103. The summed E-state index contributed by atoms with van der Waals surface area (Å²) in [6, 6.07) is 26.8. The summed E-state index contributed by atoms with van der Waals surface area (Å²) in [7, 11) is 0. The Morgan fingerprint density at radius 3 is 2.53 bits per heavy atom. The Balaban J connectivity index is 1.22. The number of rotatable bonds is 11. The number of benzene rings is 3. The highest BCUT2D eigenvalue weighted by Crippen LogP contribution is 2.35. The van der Waals surface area contributed by atoms with Gasteiger partial charge >= 0.3 is 0 Å². The highest BCUT2D eigenvalue weighted by Gasteiger charge is 2.10. The first kappa shape index (κ1) is 30.6. The van der Waals surface area contributed by atoms with Crippen molar-refractivity contribution in [3.63, 3.8) is 0 Å². The first-order chi connectivity index (χ1) is 21.0. The fraction of sp³-hybridized carbons (Fsp3) is 0.147. The number of halogens is 1. The Kier molecular flexibility index (Phi) is 10.7. The molecule has 0 saturated carbocycles. The minimum Gasteiger partial charge on any atom is -0.332 e. The minimum absolute atomic E-state index is 0.119. The van der Waals surface area contributed by atoms with Gasteiger partial charge in [-0.3, -0.25) is 9.78 Å². The Morgan fingerprint density at radius 1 is 0.977 bits per heavy atom. The molecule has 2 heterocycles. The molecule has 5 rings (SSSR count).